The third-order valence-corrected chi connectivity index (χ3v) is 3.22. The van der Waals surface area contributed by atoms with Gasteiger partial charge in [0.05, 0.1) is 6.10 Å². The van der Waals surface area contributed by atoms with Crippen LogP contribution in [0.2, 0.25) is 0 Å². The van der Waals surface area contributed by atoms with E-state index < -0.39 is 0 Å². The lowest BCUT2D eigenvalue weighted by molar-refractivity contribution is -0.121. The molecule has 0 aromatic heterocycles. The van der Waals surface area contributed by atoms with E-state index in [1.807, 2.05) is 51.1 Å². The number of benzene rings is 1. The lowest BCUT2D eigenvalue weighted by atomic mass is 9.87. The van der Waals surface area contributed by atoms with E-state index in [2.05, 4.69) is 5.32 Å². The number of aryl methyl sites for hydroxylation is 1. The number of carbonyl (C=O) groups is 1. The summed E-state index contributed by atoms with van der Waals surface area (Å²) in [6, 6.07) is 9.98. The highest BCUT2D eigenvalue weighted by Gasteiger charge is 2.21. The van der Waals surface area contributed by atoms with Crippen LogP contribution in [-0.2, 0) is 11.2 Å². The van der Waals surface area contributed by atoms with Gasteiger partial charge in [-0.05, 0) is 23.8 Å². The fourth-order valence-electron chi connectivity index (χ4n) is 1.77. The minimum atomic E-state index is -0.387. The molecule has 3 heteroatoms. The Kier molecular flexibility index (Phi) is 6.03. The molecule has 0 radical (unpaired) electrons. The molecular formula is C16H25NO2. The highest BCUT2D eigenvalue weighted by atomic mass is 16.3. The van der Waals surface area contributed by atoms with E-state index in [4.69, 9.17) is 0 Å². The highest BCUT2D eigenvalue weighted by molar-refractivity contribution is 5.76. The van der Waals surface area contributed by atoms with Gasteiger partial charge in [0, 0.05) is 13.0 Å². The molecular weight excluding hydrogens is 238 g/mol. The molecule has 0 aliphatic rings. The summed E-state index contributed by atoms with van der Waals surface area (Å²) in [6.45, 7) is 6.52. The number of hydrogen-bond acceptors (Lipinski definition) is 2. The van der Waals surface area contributed by atoms with Gasteiger partial charge >= 0.3 is 0 Å². The number of carbonyl (C=O) groups excluding carboxylic acids is 1. The summed E-state index contributed by atoms with van der Waals surface area (Å²) in [6.07, 6.45) is 1.46. The van der Waals surface area contributed by atoms with Gasteiger partial charge in [-0.3, -0.25) is 4.79 Å². The van der Waals surface area contributed by atoms with Gasteiger partial charge in [-0.25, -0.2) is 0 Å². The summed E-state index contributed by atoms with van der Waals surface area (Å²) >= 11 is 0. The normalized spacial score (nSPS) is 13.1. The average molecular weight is 263 g/mol. The van der Waals surface area contributed by atoms with Gasteiger partial charge in [0.2, 0.25) is 5.91 Å². The van der Waals surface area contributed by atoms with E-state index in [-0.39, 0.29) is 17.4 Å². The highest BCUT2D eigenvalue weighted by Crippen LogP contribution is 2.20. The van der Waals surface area contributed by atoms with E-state index >= 15 is 0 Å². The fraction of sp³-hybridized carbons (Fsp3) is 0.562. The Balaban J connectivity index is 2.19. The molecule has 1 amide bonds. The van der Waals surface area contributed by atoms with Crippen LogP contribution in [0.25, 0.3) is 0 Å². The first-order valence-electron chi connectivity index (χ1n) is 6.88. The summed E-state index contributed by atoms with van der Waals surface area (Å²) in [5, 5.41) is 12.7. The van der Waals surface area contributed by atoms with Gasteiger partial charge in [-0.2, -0.15) is 0 Å². The van der Waals surface area contributed by atoms with Crippen molar-refractivity contribution < 1.29 is 9.90 Å². The van der Waals surface area contributed by atoms with Crippen LogP contribution in [0, 0.1) is 5.41 Å². The minimum Gasteiger partial charge on any atom is -0.393 e. The molecule has 2 N–H and O–H groups in total. The largest absolute Gasteiger partial charge is 0.393 e. The first-order chi connectivity index (χ1) is 8.89. The second-order valence-electron chi connectivity index (χ2n) is 6.01. The second-order valence-corrected chi connectivity index (χ2v) is 6.01. The Morgan fingerprint density at radius 1 is 1.26 bits per heavy atom. The van der Waals surface area contributed by atoms with E-state index in [0.717, 1.165) is 6.42 Å². The molecule has 1 aromatic carbocycles. The number of hydrogen-bond donors (Lipinski definition) is 2. The van der Waals surface area contributed by atoms with Gasteiger partial charge in [0.1, 0.15) is 0 Å². The van der Waals surface area contributed by atoms with Crippen molar-refractivity contribution in [3.8, 4) is 0 Å². The molecule has 106 valence electrons. The smallest absolute Gasteiger partial charge is 0.220 e. The molecule has 0 aliphatic carbocycles. The molecule has 0 bridgehead atoms. The summed E-state index contributed by atoms with van der Waals surface area (Å²) in [4.78, 5) is 11.7. The van der Waals surface area contributed by atoms with Crippen molar-refractivity contribution in [1.82, 2.24) is 5.32 Å². The van der Waals surface area contributed by atoms with Crippen molar-refractivity contribution in [2.75, 3.05) is 6.54 Å². The average Bonchev–Trinajstić information content (AvgIpc) is 2.36. The van der Waals surface area contributed by atoms with E-state index in [9.17, 15) is 9.90 Å². The zero-order valence-corrected chi connectivity index (χ0v) is 12.1. The zero-order chi connectivity index (χ0) is 14.3. The van der Waals surface area contributed by atoms with E-state index in [0.29, 0.717) is 19.4 Å². The molecule has 1 unspecified atom stereocenters. The van der Waals surface area contributed by atoms with Crippen LogP contribution in [0.3, 0.4) is 0 Å². The Morgan fingerprint density at radius 3 is 2.47 bits per heavy atom. The number of aliphatic hydroxyl groups is 1. The van der Waals surface area contributed by atoms with Crippen LogP contribution in [0.15, 0.2) is 30.3 Å². The van der Waals surface area contributed by atoms with Crippen LogP contribution in [0.4, 0.5) is 0 Å². The van der Waals surface area contributed by atoms with Crippen molar-refractivity contribution in [3.63, 3.8) is 0 Å². The molecule has 0 spiro atoms. The monoisotopic (exact) mass is 263 g/mol. The van der Waals surface area contributed by atoms with Crippen molar-refractivity contribution in [2.45, 2.75) is 46.1 Å². The molecule has 3 nitrogen and oxygen atoms in total. The van der Waals surface area contributed by atoms with Gasteiger partial charge in [0.25, 0.3) is 0 Å². The molecule has 0 heterocycles. The summed E-state index contributed by atoms with van der Waals surface area (Å²) in [7, 11) is 0. The summed E-state index contributed by atoms with van der Waals surface area (Å²) in [5.41, 5.74) is 1.04. The van der Waals surface area contributed by atoms with Gasteiger partial charge < -0.3 is 10.4 Å². The number of amides is 1. The summed E-state index contributed by atoms with van der Waals surface area (Å²) < 4.78 is 0. The molecule has 1 rings (SSSR count). The SMILES string of the molecule is CC(C)(C)C(O)CCNC(=O)CCc1ccccc1. The van der Waals surface area contributed by atoms with Crippen LogP contribution in [0.5, 0.6) is 0 Å². The fourth-order valence-corrected chi connectivity index (χ4v) is 1.77. The topological polar surface area (TPSA) is 49.3 Å². The number of nitrogens with one attached hydrogen (secondary N) is 1. The Labute approximate surface area is 116 Å². The first-order valence-corrected chi connectivity index (χ1v) is 6.88. The number of aliphatic hydroxyl groups excluding tert-OH is 1. The van der Waals surface area contributed by atoms with Crippen LogP contribution in [-0.4, -0.2) is 23.7 Å². The van der Waals surface area contributed by atoms with Crippen LogP contribution < -0.4 is 5.32 Å². The lowest BCUT2D eigenvalue weighted by Gasteiger charge is -2.25. The van der Waals surface area contributed by atoms with Crippen LogP contribution in [0.1, 0.15) is 39.2 Å². The minimum absolute atomic E-state index is 0.0463. The quantitative estimate of drug-likeness (QED) is 0.828. The standard InChI is InChI=1S/C16H25NO2/c1-16(2,3)14(18)11-12-17-15(19)10-9-13-7-5-4-6-8-13/h4-8,14,18H,9-12H2,1-3H3,(H,17,19). The Bertz CT molecular complexity index is 381. The molecule has 19 heavy (non-hydrogen) atoms. The van der Waals surface area contributed by atoms with Gasteiger partial charge in [-0.1, -0.05) is 51.1 Å². The number of rotatable bonds is 6. The third kappa shape index (κ3) is 6.39. The van der Waals surface area contributed by atoms with Gasteiger partial charge in [0.15, 0.2) is 0 Å². The lowest BCUT2D eigenvalue weighted by Crippen LogP contribution is -2.32. The second kappa shape index (κ2) is 7.29. The maximum absolute atomic E-state index is 11.7. The maximum Gasteiger partial charge on any atom is 0.220 e. The van der Waals surface area contributed by atoms with Crippen molar-refractivity contribution >= 4 is 5.91 Å². The predicted octanol–water partition coefficient (Wildman–Crippen LogP) is 2.53. The van der Waals surface area contributed by atoms with E-state index in [1.54, 1.807) is 0 Å². The molecule has 1 atom stereocenters. The summed E-state index contributed by atoms with van der Waals surface area (Å²) in [5.74, 6) is 0.0463. The van der Waals surface area contributed by atoms with E-state index in [1.165, 1.54) is 5.56 Å². The molecule has 0 saturated carbocycles. The zero-order valence-electron chi connectivity index (χ0n) is 12.1. The van der Waals surface area contributed by atoms with Gasteiger partial charge in [-0.15, -0.1) is 0 Å². The predicted molar refractivity (Wildman–Crippen MR) is 77.9 cm³/mol. The Hall–Kier alpha value is -1.35. The van der Waals surface area contributed by atoms with Crippen molar-refractivity contribution in [2.24, 2.45) is 5.41 Å². The maximum atomic E-state index is 11.7. The van der Waals surface area contributed by atoms with Crippen molar-refractivity contribution in [3.05, 3.63) is 35.9 Å². The van der Waals surface area contributed by atoms with Crippen LogP contribution >= 0.6 is 0 Å². The molecule has 0 fully saturated rings. The molecule has 0 saturated heterocycles. The van der Waals surface area contributed by atoms with Crippen molar-refractivity contribution in [1.29, 1.82) is 0 Å². The third-order valence-electron chi connectivity index (χ3n) is 3.22. The first kappa shape index (κ1) is 15.7. The molecule has 1 aromatic rings. The Morgan fingerprint density at radius 2 is 1.89 bits per heavy atom. The molecule has 0 aliphatic heterocycles.